The number of nitrogens with one attached hydrogen (secondary N) is 1. The first-order valence-corrected chi connectivity index (χ1v) is 6.53. The van der Waals surface area contributed by atoms with Gasteiger partial charge in [-0.2, -0.15) is 0 Å². The Labute approximate surface area is 114 Å². The molecule has 1 aromatic carbocycles. The fourth-order valence-electron chi connectivity index (χ4n) is 1.71. The van der Waals surface area contributed by atoms with Gasteiger partial charge in [-0.15, -0.1) is 0 Å². The SMILES string of the molecule is CC(C)(C)OC(=O)CCNC(CO)c1ccccc1. The maximum Gasteiger partial charge on any atom is 0.307 e. The Morgan fingerprint density at radius 2 is 1.95 bits per heavy atom. The molecule has 0 saturated heterocycles. The van der Waals surface area contributed by atoms with Gasteiger partial charge in [0.25, 0.3) is 0 Å². The standard InChI is InChI=1S/C15H23NO3/c1-15(2,3)19-14(18)9-10-16-13(11-17)12-7-5-4-6-8-12/h4-8,13,16-17H,9-11H2,1-3H3. The first-order chi connectivity index (χ1) is 8.92. The lowest BCUT2D eigenvalue weighted by atomic mass is 10.1. The number of carbonyl (C=O) groups excluding carboxylic acids is 1. The van der Waals surface area contributed by atoms with Crippen molar-refractivity contribution in [3.05, 3.63) is 35.9 Å². The number of benzene rings is 1. The van der Waals surface area contributed by atoms with Crippen molar-refractivity contribution < 1.29 is 14.6 Å². The predicted molar refractivity (Wildman–Crippen MR) is 74.7 cm³/mol. The molecule has 19 heavy (non-hydrogen) atoms. The molecule has 0 aliphatic rings. The minimum Gasteiger partial charge on any atom is -0.460 e. The molecule has 4 nitrogen and oxygen atoms in total. The molecule has 4 heteroatoms. The topological polar surface area (TPSA) is 58.6 Å². The zero-order chi connectivity index (χ0) is 14.3. The Bertz CT molecular complexity index is 384. The van der Waals surface area contributed by atoms with Gasteiger partial charge in [-0.05, 0) is 26.3 Å². The number of hydrogen-bond donors (Lipinski definition) is 2. The highest BCUT2D eigenvalue weighted by Gasteiger charge is 2.16. The van der Waals surface area contributed by atoms with Crippen LogP contribution >= 0.6 is 0 Å². The second-order valence-electron chi connectivity index (χ2n) is 5.44. The highest BCUT2D eigenvalue weighted by molar-refractivity contribution is 5.70. The minimum atomic E-state index is -0.451. The lowest BCUT2D eigenvalue weighted by Crippen LogP contribution is -2.29. The van der Waals surface area contributed by atoms with Crippen LogP contribution < -0.4 is 5.32 Å². The van der Waals surface area contributed by atoms with E-state index in [9.17, 15) is 9.90 Å². The van der Waals surface area contributed by atoms with Crippen LogP contribution in [0.4, 0.5) is 0 Å². The highest BCUT2D eigenvalue weighted by Crippen LogP contribution is 2.12. The molecule has 2 N–H and O–H groups in total. The first-order valence-electron chi connectivity index (χ1n) is 6.53. The molecule has 0 aliphatic heterocycles. The predicted octanol–water partition coefficient (Wildman–Crippen LogP) is 2.04. The average Bonchev–Trinajstić information content (AvgIpc) is 2.33. The van der Waals surface area contributed by atoms with Crippen molar-refractivity contribution in [3.63, 3.8) is 0 Å². The van der Waals surface area contributed by atoms with Gasteiger partial charge in [0.15, 0.2) is 0 Å². The van der Waals surface area contributed by atoms with Crippen LogP contribution in [0.1, 0.15) is 38.8 Å². The number of aliphatic hydroxyl groups is 1. The summed E-state index contributed by atoms with van der Waals surface area (Å²) in [4.78, 5) is 11.5. The number of hydrogen-bond acceptors (Lipinski definition) is 4. The average molecular weight is 265 g/mol. The van der Waals surface area contributed by atoms with Gasteiger partial charge in [0.05, 0.1) is 19.1 Å². The quantitative estimate of drug-likeness (QED) is 0.773. The van der Waals surface area contributed by atoms with Crippen molar-refractivity contribution in [2.24, 2.45) is 0 Å². The van der Waals surface area contributed by atoms with Crippen molar-refractivity contribution in [2.45, 2.75) is 38.8 Å². The van der Waals surface area contributed by atoms with Crippen LogP contribution in [0.5, 0.6) is 0 Å². The fraction of sp³-hybridized carbons (Fsp3) is 0.533. The lowest BCUT2D eigenvalue weighted by Gasteiger charge is -2.20. The first kappa shape index (κ1) is 15.7. The van der Waals surface area contributed by atoms with Crippen molar-refractivity contribution in [2.75, 3.05) is 13.2 Å². The largest absolute Gasteiger partial charge is 0.460 e. The molecule has 1 unspecified atom stereocenters. The molecular formula is C15H23NO3. The summed E-state index contributed by atoms with van der Waals surface area (Å²) < 4.78 is 5.22. The van der Waals surface area contributed by atoms with Crippen molar-refractivity contribution >= 4 is 5.97 Å². The van der Waals surface area contributed by atoms with Gasteiger partial charge in [0.2, 0.25) is 0 Å². The highest BCUT2D eigenvalue weighted by atomic mass is 16.6. The second-order valence-corrected chi connectivity index (χ2v) is 5.44. The zero-order valence-corrected chi connectivity index (χ0v) is 11.8. The van der Waals surface area contributed by atoms with E-state index in [1.165, 1.54) is 0 Å². The van der Waals surface area contributed by atoms with E-state index in [0.29, 0.717) is 13.0 Å². The van der Waals surface area contributed by atoms with Gasteiger partial charge in [-0.25, -0.2) is 0 Å². The van der Waals surface area contributed by atoms with Crippen LogP contribution in [0.2, 0.25) is 0 Å². The molecule has 0 radical (unpaired) electrons. The summed E-state index contributed by atoms with van der Waals surface area (Å²) in [5, 5.41) is 12.5. The lowest BCUT2D eigenvalue weighted by molar-refractivity contribution is -0.154. The van der Waals surface area contributed by atoms with E-state index in [0.717, 1.165) is 5.56 Å². The summed E-state index contributed by atoms with van der Waals surface area (Å²) in [6, 6.07) is 9.52. The van der Waals surface area contributed by atoms with Crippen LogP contribution in [-0.2, 0) is 9.53 Å². The summed E-state index contributed by atoms with van der Waals surface area (Å²) in [6.07, 6.45) is 0.292. The monoisotopic (exact) mass is 265 g/mol. The molecular weight excluding hydrogens is 242 g/mol. The van der Waals surface area contributed by atoms with Crippen LogP contribution in [0, 0.1) is 0 Å². The molecule has 0 saturated carbocycles. The summed E-state index contributed by atoms with van der Waals surface area (Å²) in [5.74, 6) is -0.232. The van der Waals surface area contributed by atoms with E-state index >= 15 is 0 Å². The number of ether oxygens (including phenoxy) is 1. The third-order valence-corrected chi connectivity index (χ3v) is 2.52. The summed E-state index contributed by atoms with van der Waals surface area (Å²) in [6.45, 7) is 6.02. The number of esters is 1. The smallest absolute Gasteiger partial charge is 0.307 e. The number of carbonyl (C=O) groups is 1. The second kappa shape index (κ2) is 7.26. The third kappa shape index (κ3) is 6.36. The Balaban J connectivity index is 2.37. The molecule has 0 spiro atoms. The van der Waals surface area contributed by atoms with Crippen molar-refractivity contribution in [3.8, 4) is 0 Å². The molecule has 0 amide bonds. The van der Waals surface area contributed by atoms with E-state index in [-0.39, 0.29) is 18.6 Å². The molecule has 1 atom stereocenters. The summed E-state index contributed by atoms with van der Waals surface area (Å²) in [7, 11) is 0. The van der Waals surface area contributed by atoms with Crippen LogP contribution in [0.3, 0.4) is 0 Å². The Morgan fingerprint density at radius 3 is 2.47 bits per heavy atom. The summed E-state index contributed by atoms with van der Waals surface area (Å²) >= 11 is 0. The van der Waals surface area contributed by atoms with Gasteiger partial charge < -0.3 is 15.2 Å². The number of rotatable bonds is 6. The third-order valence-electron chi connectivity index (χ3n) is 2.52. The maximum absolute atomic E-state index is 11.5. The maximum atomic E-state index is 11.5. The molecule has 0 bridgehead atoms. The van der Waals surface area contributed by atoms with Crippen molar-refractivity contribution in [1.82, 2.24) is 5.32 Å². The van der Waals surface area contributed by atoms with Crippen LogP contribution in [0.25, 0.3) is 0 Å². The zero-order valence-electron chi connectivity index (χ0n) is 11.8. The minimum absolute atomic E-state index is 0.00165. The van der Waals surface area contributed by atoms with Crippen molar-refractivity contribution in [1.29, 1.82) is 0 Å². The Hall–Kier alpha value is -1.39. The summed E-state index contributed by atoms with van der Waals surface area (Å²) in [5.41, 5.74) is 0.557. The fourth-order valence-corrected chi connectivity index (χ4v) is 1.71. The van der Waals surface area contributed by atoms with E-state index in [1.54, 1.807) is 0 Å². The molecule has 0 aromatic heterocycles. The number of aliphatic hydroxyl groups excluding tert-OH is 1. The van der Waals surface area contributed by atoms with Gasteiger partial charge in [-0.3, -0.25) is 4.79 Å². The van der Waals surface area contributed by atoms with Crippen LogP contribution in [-0.4, -0.2) is 29.8 Å². The Kier molecular flexibility index (Phi) is 5.99. The van der Waals surface area contributed by atoms with Gasteiger partial charge in [0, 0.05) is 6.54 Å². The molecule has 0 aliphatic carbocycles. The van der Waals surface area contributed by atoms with E-state index in [4.69, 9.17) is 4.74 Å². The Morgan fingerprint density at radius 1 is 1.32 bits per heavy atom. The molecule has 0 fully saturated rings. The van der Waals surface area contributed by atoms with Gasteiger partial charge in [0.1, 0.15) is 5.60 Å². The van der Waals surface area contributed by atoms with E-state index in [2.05, 4.69) is 5.32 Å². The van der Waals surface area contributed by atoms with E-state index < -0.39 is 5.60 Å². The van der Waals surface area contributed by atoms with Gasteiger partial charge in [-0.1, -0.05) is 30.3 Å². The normalized spacial score (nSPS) is 13.1. The molecule has 1 rings (SSSR count). The van der Waals surface area contributed by atoms with E-state index in [1.807, 2.05) is 51.1 Å². The van der Waals surface area contributed by atoms with Gasteiger partial charge >= 0.3 is 5.97 Å². The molecule has 1 aromatic rings. The molecule has 0 heterocycles. The molecule has 106 valence electrons. The van der Waals surface area contributed by atoms with Crippen LogP contribution in [0.15, 0.2) is 30.3 Å².